The van der Waals surface area contributed by atoms with Crippen molar-refractivity contribution in [1.29, 1.82) is 0 Å². The van der Waals surface area contributed by atoms with Crippen molar-refractivity contribution >= 4 is 64.2 Å². The SMILES string of the molecule is CC1(C)c2ccccc2-c2ccc3cc4c5ccccc5n(-c5nc(-c6ccc(-c7ccccc7)cc6)c6sc7ccccc7c6n5)c4cc3c21. The Bertz CT molecular complexity index is 3040. The van der Waals surface area contributed by atoms with E-state index in [0.717, 1.165) is 37.9 Å². The second-order valence-electron chi connectivity index (χ2n) is 14.2. The number of hydrogen-bond acceptors (Lipinski definition) is 3. The summed E-state index contributed by atoms with van der Waals surface area (Å²) in [5, 5.41) is 6.10. The highest BCUT2D eigenvalue weighted by atomic mass is 32.1. The Morgan fingerprint density at radius 1 is 0.529 bits per heavy atom. The highest BCUT2D eigenvalue weighted by Gasteiger charge is 2.36. The summed E-state index contributed by atoms with van der Waals surface area (Å²) in [4.78, 5) is 10.9. The molecule has 10 aromatic rings. The maximum absolute atomic E-state index is 5.49. The minimum Gasteiger partial charge on any atom is -0.278 e. The summed E-state index contributed by atoms with van der Waals surface area (Å²) < 4.78 is 4.62. The fraction of sp³-hybridized carbons (Fsp3) is 0.0638. The number of aromatic nitrogens is 3. The van der Waals surface area contributed by atoms with E-state index in [0.29, 0.717) is 5.95 Å². The minimum absolute atomic E-state index is 0.125. The summed E-state index contributed by atoms with van der Waals surface area (Å²) in [5.74, 6) is 0.689. The van der Waals surface area contributed by atoms with E-state index in [1.54, 1.807) is 11.3 Å². The van der Waals surface area contributed by atoms with Crippen LogP contribution < -0.4 is 0 Å². The number of benzene rings is 7. The molecule has 51 heavy (non-hydrogen) atoms. The molecule has 0 unspecified atom stereocenters. The van der Waals surface area contributed by atoms with Gasteiger partial charge in [-0.2, -0.15) is 0 Å². The number of hydrogen-bond donors (Lipinski definition) is 0. The molecule has 0 atom stereocenters. The summed E-state index contributed by atoms with van der Waals surface area (Å²) in [7, 11) is 0. The Kier molecular flexibility index (Phi) is 5.89. The average molecular weight is 670 g/mol. The monoisotopic (exact) mass is 669 g/mol. The first-order valence-electron chi connectivity index (χ1n) is 17.5. The lowest BCUT2D eigenvalue weighted by Crippen LogP contribution is -2.15. The molecule has 3 nitrogen and oxygen atoms in total. The fourth-order valence-electron chi connectivity index (χ4n) is 8.62. The van der Waals surface area contributed by atoms with Crippen molar-refractivity contribution in [2.24, 2.45) is 0 Å². The molecule has 0 bridgehead atoms. The quantitative estimate of drug-likeness (QED) is 0.187. The zero-order valence-electron chi connectivity index (χ0n) is 28.2. The Labute approximate surface area is 299 Å². The van der Waals surface area contributed by atoms with Gasteiger partial charge in [0.05, 0.1) is 26.9 Å². The Morgan fingerprint density at radius 3 is 2.10 bits per heavy atom. The summed E-state index contributed by atoms with van der Waals surface area (Å²) in [6.07, 6.45) is 0. The van der Waals surface area contributed by atoms with Gasteiger partial charge in [-0.05, 0) is 68.4 Å². The van der Waals surface area contributed by atoms with E-state index < -0.39 is 0 Å². The zero-order chi connectivity index (χ0) is 33.8. The van der Waals surface area contributed by atoms with E-state index in [-0.39, 0.29) is 5.41 Å². The van der Waals surface area contributed by atoms with Crippen LogP contribution in [0, 0.1) is 0 Å². The third kappa shape index (κ3) is 4.05. The zero-order valence-corrected chi connectivity index (χ0v) is 29.0. The van der Waals surface area contributed by atoms with Crippen molar-refractivity contribution in [2.75, 3.05) is 0 Å². The van der Waals surface area contributed by atoms with E-state index in [2.05, 4.69) is 170 Å². The molecular formula is C47H31N3S. The summed E-state index contributed by atoms with van der Waals surface area (Å²) >= 11 is 1.77. The van der Waals surface area contributed by atoms with Crippen LogP contribution in [0.3, 0.4) is 0 Å². The van der Waals surface area contributed by atoms with Gasteiger partial charge in [0.2, 0.25) is 5.95 Å². The first kappa shape index (κ1) is 28.7. The van der Waals surface area contributed by atoms with Gasteiger partial charge < -0.3 is 0 Å². The smallest absolute Gasteiger partial charge is 0.235 e. The van der Waals surface area contributed by atoms with Crippen molar-refractivity contribution in [3.63, 3.8) is 0 Å². The lowest BCUT2D eigenvalue weighted by molar-refractivity contribution is 0.666. The lowest BCUT2D eigenvalue weighted by Gasteiger charge is -2.23. The minimum atomic E-state index is -0.125. The third-order valence-electron chi connectivity index (χ3n) is 11.0. The van der Waals surface area contributed by atoms with Crippen molar-refractivity contribution in [1.82, 2.24) is 14.5 Å². The second kappa shape index (κ2) is 10.5. The maximum atomic E-state index is 5.49. The number of rotatable bonds is 3. The van der Waals surface area contributed by atoms with Gasteiger partial charge >= 0.3 is 0 Å². The van der Waals surface area contributed by atoms with Gasteiger partial charge in [0.25, 0.3) is 0 Å². The van der Waals surface area contributed by atoms with Crippen LogP contribution in [-0.4, -0.2) is 14.5 Å². The van der Waals surface area contributed by atoms with E-state index in [9.17, 15) is 0 Å². The van der Waals surface area contributed by atoms with E-state index in [1.807, 2.05) is 0 Å². The van der Waals surface area contributed by atoms with Crippen LogP contribution in [0.2, 0.25) is 0 Å². The topological polar surface area (TPSA) is 30.7 Å². The number of nitrogens with zero attached hydrogens (tertiary/aromatic N) is 3. The van der Waals surface area contributed by atoms with Gasteiger partial charge in [-0.3, -0.25) is 4.57 Å². The molecule has 1 aliphatic carbocycles. The number of thiophene rings is 1. The van der Waals surface area contributed by atoms with Gasteiger partial charge in [-0.15, -0.1) is 11.3 Å². The van der Waals surface area contributed by atoms with Gasteiger partial charge in [0.15, 0.2) is 0 Å². The van der Waals surface area contributed by atoms with Gasteiger partial charge in [0.1, 0.15) is 0 Å². The van der Waals surface area contributed by atoms with Crippen LogP contribution >= 0.6 is 11.3 Å². The molecule has 7 aromatic carbocycles. The average Bonchev–Trinajstić information content (AvgIpc) is 3.79. The van der Waals surface area contributed by atoms with E-state index in [1.165, 1.54) is 59.6 Å². The number of para-hydroxylation sites is 1. The van der Waals surface area contributed by atoms with E-state index >= 15 is 0 Å². The largest absolute Gasteiger partial charge is 0.278 e. The Hall–Kier alpha value is -6.10. The van der Waals surface area contributed by atoms with Crippen molar-refractivity contribution in [3.8, 4) is 39.5 Å². The molecule has 0 radical (unpaired) electrons. The molecule has 3 heterocycles. The normalized spacial score (nSPS) is 13.5. The van der Waals surface area contributed by atoms with Gasteiger partial charge in [0, 0.05) is 31.8 Å². The highest BCUT2D eigenvalue weighted by Crippen LogP contribution is 2.52. The van der Waals surface area contributed by atoms with Crippen molar-refractivity contribution < 1.29 is 0 Å². The molecule has 0 amide bonds. The molecule has 0 N–H and O–H groups in total. The van der Waals surface area contributed by atoms with Crippen LogP contribution in [0.4, 0.5) is 0 Å². The fourth-order valence-corrected chi connectivity index (χ4v) is 9.78. The Balaban J connectivity index is 1.21. The first-order chi connectivity index (χ1) is 25.0. The molecule has 0 spiro atoms. The number of fused-ring (bicyclic) bond motifs is 11. The van der Waals surface area contributed by atoms with Crippen LogP contribution in [0.5, 0.6) is 0 Å². The molecule has 3 aromatic heterocycles. The highest BCUT2D eigenvalue weighted by molar-refractivity contribution is 7.26. The van der Waals surface area contributed by atoms with Crippen LogP contribution in [0.1, 0.15) is 25.0 Å². The van der Waals surface area contributed by atoms with Crippen LogP contribution in [0.25, 0.3) is 92.3 Å². The van der Waals surface area contributed by atoms with Crippen molar-refractivity contribution in [2.45, 2.75) is 19.3 Å². The summed E-state index contributed by atoms with van der Waals surface area (Å²) in [5.41, 5.74) is 13.0. The van der Waals surface area contributed by atoms with E-state index in [4.69, 9.17) is 9.97 Å². The standard InChI is InChI=1S/C47H31N3S/c1-47(2)38-17-9-6-14-32(38)34-25-24-31-26-37-33-15-7-10-18-39(33)50(40(37)27-36(31)42(34)47)46-48-43(45-44(49-46)35-16-8-11-19-41(35)51-45)30-22-20-29(21-23-30)28-12-4-3-5-13-28/h3-27H,1-2H3. The Morgan fingerprint density at radius 2 is 1.24 bits per heavy atom. The molecular weight excluding hydrogens is 639 g/mol. The lowest BCUT2D eigenvalue weighted by atomic mass is 9.80. The molecule has 0 aliphatic heterocycles. The molecule has 0 fully saturated rings. The van der Waals surface area contributed by atoms with Gasteiger partial charge in [-0.1, -0.05) is 141 Å². The summed E-state index contributed by atoms with van der Waals surface area (Å²) in [6, 6.07) is 55.0. The van der Waals surface area contributed by atoms with Gasteiger partial charge in [-0.25, -0.2) is 9.97 Å². The van der Waals surface area contributed by atoms with Crippen LogP contribution in [-0.2, 0) is 5.41 Å². The first-order valence-corrected chi connectivity index (χ1v) is 18.3. The molecule has 11 rings (SSSR count). The molecule has 0 saturated carbocycles. The van der Waals surface area contributed by atoms with Crippen LogP contribution in [0.15, 0.2) is 152 Å². The molecule has 1 aliphatic rings. The third-order valence-corrected chi connectivity index (χ3v) is 12.2. The predicted octanol–water partition coefficient (Wildman–Crippen LogP) is 12.7. The molecule has 4 heteroatoms. The summed E-state index contributed by atoms with van der Waals surface area (Å²) in [6.45, 7) is 4.73. The molecule has 0 saturated heterocycles. The second-order valence-corrected chi connectivity index (χ2v) is 15.2. The predicted molar refractivity (Wildman–Crippen MR) is 215 cm³/mol. The van der Waals surface area contributed by atoms with Crippen molar-refractivity contribution in [3.05, 3.63) is 163 Å². The maximum Gasteiger partial charge on any atom is 0.235 e. The molecule has 240 valence electrons.